The highest BCUT2D eigenvalue weighted by atomic mass is 32.2. The zero-order chi connectivity index (χ0) is 21.0. The molecule has 0 bridgehead atoms. The lowest BCUT2D eigenvalue weighted by Crippen LogP contribution is -2.63. The predicted molar refractivity (Wildman–Crippen MR) is 102 cm³/mol. The molecule has 29 heavy (non-hydrogen) atoms. The standard InChI is InChI=1S/C19H22FN3O5S/c1-13-18(19(24)22-25)23(11-10-21-13)29(26,27)17-8-6-16(7-9-17)28-12-14-2-4-15(20)5-3-14/h2-9,13,18,21,25H,10-12H2,1H3,(H,22,24). The van der Waals surface area contributed by atoms with E-state index in [0.717, 1.165) is 9.87 Å². The van der Waals surface area contributed by atoms with Gasteiger partial charge in [0.1, 0.15) is 24.2 Å². The summed E-state index contributed by atoms with van der Waals surface area (Å²) in [5.74, 6) is -0.683. The molecule has 1 fully saturated rings. The lowest BCUT2D eigenvalue weighted by molar-refractivity contribution is -0.134. The van der Waals surface area contributed by atoms with Crippen LogP contribution in [0.1, 0.15) is 12.5 Å². The molecule has 8 nitrogen and oxygen atoms in total. The number of nitrogens with zero attached hydrogens (tertiary/aromatic N) is 1. The van der Waals surface area contributed by atoms with Crippen molar-refractivity contribution in [3.63, 3.8) is 0 Å². The predicted octanol–water partition coefficient (Wildman–Crippen LogP) is 1.26. The Labute approximate surface area is 168 Å². The summed E-state index contributed by atoms with van der Waals surface area (Å²) in [5.41, 5.74) is 2.31. The van der Waals surface area contributed by atoms with Crippen LogP contribution in [0.3, 0.4) is 0 Å². The fraction of sp³-hybridized carbons (Fsp3) is 0.316. The Kier molecular flexibility index (Phi) is 6.48. The molecule has 1 aliphatic rings. The summed E-state index contributed by atoms with van der Waals surface area (Å²) in [7, 11) is -3.96. The fourth-order valence-electron chi connectivity index (χ4n) is 3.19. The van der Waals surface area contributed by atoms with Crippen LogP contribution in [0.25, 0.3) is 0 Å². The summed E-state index contributed by atoms with van der Waals surface area (Å²) in [6.45, 7) is 2.36. The maximum Gasteiger partial charge on any atom is 0.263 e. The van der Waals surface area contributed by atoms with Gasteiger partial charge in [0.25, 0.3) is 5.91 Å². The number of hydrogen-bond acceptors (Lipinski definition) is 6. The van der Waals surface area contributed by atoms with Crippen LogP contribution < -0.4 is 15.5 Å². The third-order valence-electron chi connectivity index (χ3n) is 4.71. The normalized spacial score (nSPS) is 20.2. The second-order valence-electron chi connectivity index (χ2n) is 6.67. The molecule has 3 N–H and O–H groups in total. The Hall–Kier alpha value is -2.53. The molecule has 1 saturated heterocycles. The Morgan fingerprint density at radius 1 is 1.24 bits per heavy atom. The minimum absolute atomic E-state index is 0.0106. The first-order valence-electron chi connectivity index (χ1n) is 8.99. The summed E-state index contributed by atoms with van der Waals surface area (Å²) in [5, 5.41) is 12.0. The van der Waals surface area contributed by atoms with Gasteiger partial charge in [-0.15, -0.1) is 0 Å². The topological polar surface area (TPSA) is 108 Å². The third kappa shape index (κ3) is 4.73. The van der Waals surface area contributed by atoms with Gasteiger partial charge >= 0.3 is 0 Å². The molecule has 0 radical (unpaired) electrons. The van der Waals surface area contributed by atoms with Gasteiger partial charge in [-0.1, -0.05) is 12.1 Å². The molecule has 0 saturated carbocycles. The van der Waals surface area contributed by atoms with Crippen molar-refractivity contribution in [2.24, 2.45) is 0 Å². The van der Waals surface area contributed by atoms with Gasteiger partial charge in [-0.3, -0.25) is 10.0 Å². The number of carbonyl (C=O) groups is 1. The Morgan fingerprint density at radius 2 is 1.90 bits per heavy atom. The molecule has 156 valence electrons. The van der Waals surface area contributed by atoms with Crippen molar-refractivity contribution in [1.29, 1.82) is 0 Å². The molecule has 0 aromatic heterocycles. The molecular formula is C19H22FN3O5S. The summed E-state index contributed by atoms with van der Waals surface area (Å²) in [4.78, 5) is 12.0. The van der Waals surface area contributed by atoms with Gasteiger partial charge in [0.05, 0.1) is 4.90 Å². The number of sulfonamides is 1. The number of hydrogen-bond donors (Lipinski definition) is 3. The van der Waals surface area contributed by atoms with Crippen LogP contribution in [0.4, 0.5) is 4.39 Å². The Bertz CT molecular complexity index is 951. The number of hydroxylamine groups is 1. The minimum atomic E-state index is -3.96. The summed E-state index contributed by atoms with van der Waals surface area (Å²) < 4.78 is 45.7. The molecule has 10 heteroatoms. The lowest BCUT2D eigenvalue weighted by atomic mass is 10.1. The molecule has 0 aliphatic carbocycles. The molecule has 2 atom stereocenters. The van der Waals surface area contributed by atoms with Gasteiger partial charge < -0.3 is 10.1 Å². The number of halogens is 1. The van der Waals surface area contributed by atoms with Crippen molar-refractivity contribution in [3.05, 3.63) is 59.9 Å². The zero-order valence-electron chi connectivity index (χ0n) is 15.7. The smallest absolute Gasteiger partial charge is 0.263 e. The van der Waals surface area contributed by atoms with Gasteiger partial charge in [-0.05, 0) is 48.9 Å². The molecule has 2 aromatic carbocycles. The van der Waals surface area contributed by atoms with E-state index in [1.807, 2.05) is 0 Å². The van der Waals surface area contributed by atoms with Gasteiger partial charge in [0, 0.05) is 19.1 Å². The number of carbonyl (C=O) groups excluding carboxylic acids is 1. The SMILES string of the molecule is CC1NCCN(S(=O)(=O)c2ccc(OCc3ccc(F)cc3)cc2)C1C(=O)NO. The van der Waals surface area contributed by atoms with Crippen LogP contribution in [-0.4, -0.2) is 49.0 Å². The van der Waals surface area contributed by atoms with E-state index in [1.165, 1.54) is 41.9 Å². The van der Waals surface area contributed by atoms with E-state index in [1.54, 1.807) is 19.1 Å². The van der Waals surface area contributed by atoms with Crippen LogP contribution in [0.5, 0.6) is 5.75 Å². The maximum atomic E-state index is 13.0. The monoisotopic (exact) mass is 423 g/mol. The van der Waals surface area contributed by atoms with Crippen LogP contribution in [0.2, 0.25) is 0 Å². The quantitative estimate of drug-likeness (QED) is 0.477. The van der Waals surface area contributed by atoms with E-state index >= 15 is 0 Å². The van der Waals surface area contributed by atoms with E-state index in [-0.39, 0.29) is 23.9 Å². The van der Waals surface area contributed by atoms with E-state index in [0.29, 0.717) is 12.3 Å². The zero-order valence-corrected chi connectivity index (χ0v) is 16.5. The highest BCUT2D eigenvalue weighted by molar-refractivity contribution is 7.89. The fourth-order valence-corrected chi connectivity index (χ4v) is 4.85. The Morgan fingerprint density at radius 3 is 2.52 bits per heavy atom. The van der Waals surface area contributed by atoms with Gasteiger partial charge in [-0.25, -0.2) is 18.3 Å². The van der Waals surface area contributed by atoms with Crippen LogP contribution in [0, 0.1) is 5.82 Å². The maximum absolute atomic E-state index is 13.0. The highest BCUT2D eigenvalue weighted by Crippen LogP contribution is 2.24. The number of amides is 1. The average Bonchev–Trinajstić information content (AvgIpc) is 2.73. The molecular weight excluding hydrogens is 401 g/mol. The van der Waals surface area contributed by atoms with Crippen LogP contribution >= 0.6 is 0 Å². The Balaban J connectivity index is 1.75. The van der Waals surface area contributed by atoms with Crippen molar-refractivity contribution in [2.45, 2.75) is 30.5 Å². The summed E-state index contributed by atoms with van der Waals surface area (Å²) in [6.07, 6.45) is 0. The van der Waals surface area contributed by atoms with E-state index in [9.17, 15) is 17.6 Å². The van der Waals surface area contributed by atoms with E-state index in [2.05, 4.69) is 5.32 Å². The van der Waals surface area contributed by atoms with Crippen molar-refractivity contribution in [2.75, 3.05) is 13.1 Å². The number of benzene rings is 2. The molecule has 1 aliphatic heterocycles. The van der Waals surface area contributed by atoms with Crippen molar-refractivity contribution in [1.82, 2.24) is 15.1 Å². The highest BCUT2D eigenvalue weighted by Gasteiger charge is 2.41. The number of piperazine rings is 1. The summed E-state index contributed by atoms with van der Waals surface area (Å²) >= 11 is 0. The first-order chi connectivity index (χ1) is 13.8. The van der Waals surface area contributed by atoms with Crippen molar-refractivity contribution >= 4 is 15.9 Å². The second kappa shape index (κ2) is 8.87. The van der Waals surface area contributed by atoms with Gasteiger partial charge in [-0.2, -0.15) is 4.31 Å². The number of ether oxygens (including phenoxy) is 1. The van der Waals surface area contributed by atoms with E-state index in [4.69, 9.17) is 9.94 Å². The van der Waals surface area contributed by atoms with Crippen molar-refractivity contribution < 1.29 is 27.5 Å². The molecule has 3 rings (SSSR count). The average molecular weight is 423 g/mol. The third-order valence-corrected chi connectivity index (χ3v) is 6.61. The van der Waals surface area contributed by atoms with Gasteiger partial charge in [0.2, 0.25) is 10.0 Å². The first-order valence-corrected chi connectivity index (χ1v) is 10.4. The number of rotatable bonds is 6. The molecule has 1 heterocycles. The first kappa shape index (κ1) is 21.2. The summed E-state index contributed by atoms with van der Waals surface area (Å²) in [6, 6.07) is 10.2. The van der Waals surface area contributed by atoms with Gasteiger partial charge in [0.15, 0.2) is 0 Å². The van der Waals surface area contributed by atoms with Crippen LogP contribution in [-0.2, 0) is 21.4 Å². The molecule has 2 aromatic rings. The molecule has 2 unspecified atom stereocenters. The second-order valence-corrected chi connectivity index (χ2v) is 8.56. The van der Waals surface area contributed by atoms with Crippen molar-refractivity contribution in [3.8, 4) is 5.75 Å². The lowest BCUT2D eigenvalue weighted by Gasteiger charge is -2.37. The minimum Gasteiger partial charge on any atom is -0.489 e. The number of nitrogens with one attached hydrogen (secondary N) is 2. The van der Waals surface area contributed by atoms with Crippen LogP contribution in [0.15, 0.2) is 53.4 Å². The molecule has 0 spiro atoms. The van der Waals surface area contributed by atoms with E-state index < -0.39 is 28.0 Å². The largest absolute Gasteiger partial charge is 0.489 e. The molecule has 1 amide bonds.